The number of carbonyl (C=O) groups is 3. The van der Waals surface area contributed by atoms with Gasteiger partial charge in [-0.2, -0.15) is 13.2 Å². The number of nitrogens with zero attached hydrogens (tertiary/aromatic N) is 2. The van der Waals surface area contributed by atoms with Crippen LogP contribution in [0.5, 0.6) is 0 Å². The Labute approximate surface area is 137 Å². The Balaban J connectivity index is 1.97. The highest BCUT2D eigenvalue weighted by atomic mass is 19.4. The minimum Gasteiger partial charge on any atom is -0.341 e. The first-order chi connectivity index (χ1) is 11.2. The Morgan fingerprint density at radius 1 is 1.17 bits per heavy atom. The van der Waals surface area contributed by atoms with Gasteiger partial charge in [0.1, 0.15) is 0 Å². The van der Waals surface area contributed by atoms with Crippen molar-refractivity contribution in [3.05, 3.63) is 35.4 Å². The van der Waals surface area contributed by atoms with Gasteiger partial charge in [0.05, 0.1) is 5.56 Å². The molecule has 1 heterocycles. The van der Waals surface area contributed by atoms with Gasteiger partial charge in [0.2, 0.25) is 17.7 Å². The highest BCUT2D eigenvalue weighted by Crippen LogP contribution is 2.32. The van der Waals surface area contributed by atoms with Crippen molar-refractivity contribution >= 4 is 17.7 Å². The predicted octanol–water partition coefficient (Wildman–Crippen LogP) is 2.20. The molecule has 2 rings (SSSR count). The van der Waals surface area contributed by atoms with Gasteiger partial charge in [-0.3, -0.25) is 19.3 Å². The lowest BCUT2D eigenvalue weighted by Crippen LogP contribution is -2.35. The molecule has 1 fully saturated rings. The molecule has 0 atom stereocenters. The largest absolute Gasteiger partial charge is 0.416 e. The first-order valence-electron chi connectivity index (χ1n) is 7.42. The van der Waals surface area contributed by atoms with Crippen molar-refractivity contribution in [1.82, 2.24) is 9.80 Å². The second-order valence-corrected chi connectivity index (χ2v) is 5.59. The number of likely N-dealkylation sites (tertiary alicyclic amines) is 1. The van der Waals surface area contributed by atoms with Crippen LogP contribution in [0, 0.1) is 0 Å². The van der Waals surface area contributed by atoms with E-state index in [4.69, 9.17) is 0 Å². The Morgan fingerprint density at radius 2 is 1.75 bits per heavy atom. The number of rotatable bonds is 5. The summed E-state index contributed by atoms with van der Waals surface area (Å²) in [5.41, 5.74) is -0.788. The van der Waals surface area contributed by atoms with Crippen LogP contribution in [0.4, 0.5) is 13.2 Å². The van der Waals surface area contributed by atoms with Crippen LogP contribution in [0.1, 0.15) is 30.4 Å². The molecule has 0 spiro atoms. The van der Waals surface area contributed by atoms with E-state index in [1.807, 2.05) is 0 Å². The first-order valence-corrected chi connectivity index (χ1v) is 7.42. The number of benzene rings is 1. The third-order valence-corrected chi connectivity index (χ3v) is 3.86. The molecule has 1 aromatic carbocycles. The first kappa shape index (κ1) is 18.0. The molecular weight excluding hydrogens is 325 g/mol. The summed E-state index contributed by atoms with van der Waals surface area (Å²) in [5, 5.41) is 0. The van der Waals surface area contributed by atoms with E-state index in [1.165, 1.54) is 25.2 Å². The Hall–Kier alpha value is -2.38. The van der Waals surface area contributed by atoms with Crippen molar-refractivity contribution in [2.24, 2.45) is 0 Å². The van der Waals surface area contributed by atoms with Crippen LogP contribution in [-0.4, -0.2) is 41.1 Å². The maximum Gasteiger partial charge on any atom is 0.416 e. The van der Waals surface area contributed by atoms with Crippen molar-refractivity contribution in [3.63, 3.8) is 0 Å². The summed E-state index contributed by atoms with van der Waals surface area (Å²) in [6.07, 6.45) is -4.32. The lowest BCUT2D eigenvalue weighted by atomic mass is 10.1. The molecule has 1 aliphatic heterocycles. The zero-order valence-electron chi connectivity index (χ0n) is 13.1. The van der Waals surface area contributed by atoms with E-state index in [0.717, 1.165) is 15.9 Å². The van der Waals surface area contributed by atoms with Gasteiger partial charge >= 0.3 is 6.18 Å². The molecule has 0 saturated carbocycles. The lowest BCUT2D eigenvalue weighted by molar-refractivity contribution is -0.141. The number of hydrogen-bond acceptors (Lipinski definition) is 3. The highest BCUT2D eigenvalue weighted by molar-refractivity contribution is 6.02. The van der Waals surface area contributed by atoms with Gasteiger partial charge in [0, 0.05) is 39.4 Å². The fraction of sp³-hybridized carbons (Fsp3) is 0.438. The Kier molecular flexibility index (Phi) is 5.26. The third-order valence-electron chi connectivity index (χ3n) is 3.86. The fourth-order valence-corrected chi connectivity index (χ4v) is 2.55. The van der Waals surface area contributed by atoms with Gasteiger partial charge in [-0.05, 0) is 11.6 Å². The second kappa shape index (κ2) is 7.02. The van der Waals surface area contributed by atoms with E-state index in [1.54, 1.807) is 0 Å². The summed E-state index contributed by atoms with van der Waals surface area (Å²) in [7, 11) is 1.39. The maximum absolute atomic E-state index is 13.0. The quantitative estimate of drug-likeness (QED) is 0.771. The summed E-state index contributed by atoms with van der Waals surface area (Å²) in [5.74, 6) is -1.07. The van der Waals surface area contributed by atoms with Crippen LogP contribution in [0.25, 0.3) is 0 Å². The van der Waals surface area contributed by atoms with Crippen molar-refractivity contribution < 1.29 is 27.6 Å². The number of amides is 3. The monoisotopic (exact) mass is 342 g/mol. The molecule has 3 amide bonds. The van der Waals surface area contributed by atoms with Crippen molar-refractivity contribution in [3.8, 4) is 0 Å². The molecule has 1 saturated heterocycles. The predicted molar refractivity (Wildman–Crippen MR) is 78.5 cm³/mol. The maximum atomic E-state index is 13.0. The minimum atomic E-state index is -4.49. The molecule has 24 heavy (non-hydrogen) atoms. The zero-order chi connectivity index (χ0) is 17.9. The third kappa shape index (κ3) is 4.12. The SMILES string of the molecule is CN(Cc1ccccc1C(F)(F)F)C(=O)CCN1C(=O)CCC1=O. The standard InChI is InChI=1S/C16H17F3N2O3/c1-20(10-11-4-2-3-5-12(11)16(17,18)19)13(22)8-9-21-14(23)6-7-15(21)24/h2-5H,6-10H2,1H3. The molecule has 0 N–H and O–H groups in total. The number of hydrogen-bond donors (Lipinski definition) is 0. The molecular formula is C16H17F3N2O3. The summed E-state index contributed by atoms with van der Waals surface area (Å²) >= 11 is 0. The smallest absolute Gasteiger partial charge is 0.341 e. The van der Waals surface area contributed by atoms with Crippen LogP contribution in [0.15, 0.2) is 24.3 Å². The molecule has 5 nitrogen and oxygen atoms in total. The lowest BCUT2D eigenvalue weighted by Gasteiger charge is -2.21. The summed E-state index contributed by atoms with van der Waals surface area (Å²) < 4.78 is 38.9. The second-order valence-electron chi connectivity index (χ2n) is 5.59. The number of halogens is 3. The van der Waals surface area contributed by atoms with E-state index in [0.29, 0.717) is 0 Å². The molecule has 0 radical (unpaired) electrons. The van der Waals surface area contributed by atoms with Gasteiger partial charge < -0.3 is 4.90 Å². The van der Waals surface area contributed by atoms with Crippen LogP contribution in [0.2, 0.25) is 0 Å². The van der Waals surface area contributed by atoms with Crippen molar-refractivity contribution in [2.45, 2.75) is 32.0 Å². The number of imide groups is 1. The van der Waals surface area contributed by atoms with Gasteiger partial charge in [0.25, 0.3) is 0 Å². The normalized spacial score (nSPS) is 15.1. The zero-order valence-corrected chi connectivity index (χ0v) is 13.1. The van der Waals surface area contributed by atoms with E-state index < -0.39 is 17.6 Å². The van der Waals surface area contributed by atoms with E-state index in [2.05, 4.69) is 0 Å². The summed E-state index contributed by atoms with van der Waals surface area (Å²) in [6, 6.07) is 5.05. The molecule has 8 heteroatoms. The minimum absolute atomic E-state index is 0.00539. The van der Waals surface area contributed by atoms with Gasteiger partial charge in [-0.25, -0.2) is 0 Å². The molecule has 0 aliphatic carbocycles. The van der Waals surface area contributed by atoms with Crippen molar-refractivity contribution in [2.75, 3.05) is 13.6 Å². The molecule has 0 bridgehead atoms. The average molecular weight is 342 g/mol. The Bertz CT molecular complexity index is 642. The topological polar surface area (TPSA) is 57.7 Å². The fourth-order valence-electron chi connectivity index (χ4n) is 2.55. The van der Waals surface area contributed by atoms with Crippen LogP contribution < -0.4 is 0 Å². The van der Waals surface area contributed by atoms with E-state index in [-0.39, 0.29) is 49.7 Å². The molecule has 130 valence electrons. The molecule has 1 aromatic rings. The van der Waals surface area contributed by atoms with Crippen LogP contribution >= 0.6 is 0 Å². The highest BCUT2D eigenvalue weighted by Gasteiger charge is 2.33. The Morgan fingerprint density at radius 3 is 2.33 bits per heavy atom. The molecule has 0 aromatic heterocycles. The van der Waals surface area contributed by atoms with E-state index >= 15 is 0 Å². The molecule has 0 unspecified atom stereocenters. The van der Waals surface area contributed by atoms with Gasteiger partial charge in [-0.15, -0.1) is 0 Å². The number of carbonyl (C=O) groups excluding carboxylic acids is 3. The van der Waals surface area contributed by atoms with Gasteiger partial charge in [-0.1, -0.05) is 18.2 Å². The number of alkyl halides is 3. The average Bonchev–Trinajstić information content (AvgIpc) is 2.83. The van der Waals surface area contributed by atoms with Crippen molar-refractivity contribution in [1.29, 1.82) is 0 Å². The van der Waals surface area contributed by atoms with Gasteiger partial charge in [0.15, 0.2) is 0 Å². The van der Waals surface area contributed by atoms with Crippen LogP contribution in [0.3, 0.4) is 0 Å². The van der Waals surface area contributed by atoms with E-state index in [9.17, 15) is 27.6 Å². The molecule has 1 aliphatic rings. The van der Waals surface area contributed by atoms with Crippen LogP contribution in [-0.2, 0) is 27.1 Å². The summed E-state index contributed by atoms with van der Waals surface area (Å²) in [6.45, 7) is -0.238. The summed E-state index contributed by atoms with van der Waals surface area (Å²) in [4.78, 5) is 37.2.